The van der Waals surface area contributed by atoms with Crippen LogP contribution in [0.5, 0.6) is 0 Å². The molecule has 6 nitrogen and oxygen atoms in total. The van der Waals surface area contributed by atoms with Crippen LogP contribution in [-0.2, 0) is 11.3 Å². The zero-order valence-corrected chi connectivity index (χ0v) is 11.5. The molecule has 0 aromatic carbocycles. The van der Waals surface area contributed by atoms with Gasteiger partial charge < -0.3 is 10.1 Å². The summed E-state index contributed by atoms with van der Waals surface area (Å²) in [5, 5.41) is 7.46. The summed E-state index contributed by atoms with van der Waals surface area (Å²) in [6.45, 7) is 5.59. The predicted molar refractivity (Wildman–Crippen MR) is 73.5 cm³/mol. The van der Waals surface area contributed by atoms with Gasteiger partial charge >= 0.3 is 0 Å². The maximum atomic E-state index is 5.01. The molecule has 0 aliphatic heterocycles. The number of ether oxygens (including phenoxy) is 1. The summed E-state index contributed by atoms with van der Waals surface area (Å²) in [4.78, 5) is 8.44. The Morgan fingerprint density at radius 1 is 1.37 bits per heavy atom. The van der Waals surface area contributed by atoms with E-state index in [1.807, 2.05) is 16.9 Å². The highest BCUT2D eigenvalue weighted by Gasteiger charge is 2.04. The van der Waals surface area contributed by atoms with Crippen molar-refractivity contribution >= 4 is 11.5 Å². The highest BCUT2D eigenvalue weighted by molar-refractivity contribution is 5.53. The number of hydrogen-bond acceptors (Lipinski definition) is 5. The fourth-order valence-corrected chi connectivity index (χ4v) is 1.64. The van der Waals surface area contributed by atoms with Crippen LogP contribution in [0.2, 0.25) is 0 Å². The summed E-state index contributed by atoms with van der Waals surface area (Å²) in [5.74, 6) is 1.16. The van der Waals surface area contributed by atoms with Crippen LogP contribution in [0.15, 0.2) is 24.8 Å². The molecule has 0 atom stereocenters. The van der Waals surface area contributed by atoms with E-state index in [-0.39, 0.29) is 0 Å². The topological polar surface area (TPSA) is 64.9 Å². The molecule has 6 heteroatoms. The minimum Gasteiger partial charge on any atom is -0.383 e. The van der Waals surface area contributed by atoms with Crippen molar-refractivity contribution in [3.63, 3.8) is 0 Å². The third kappa shape index (κ3) is 3.75. The molecule has 0 spiro atoms. The van der Waals surface area contributed by atoms with E-state index in [1.165, 1.54) is 0 Å². The van der Waals surface area contributed by atoms with Gasteiger partial charge in [0.25, 0.3) is 0 Å². The molecule has 0 saturated carbocycles. The van der Waals surface area contributed by atoms with E-state index >= 15 is 0 Å². The van der Waals surface area contributed by atoms with Crippen LogP contribution in [-0.4, -0.2) is 33.5 Å². The number of nitrogens with zero attached hydrogens (tertiary/aromatic N) is 4. The standard InChI is InChI=1S/C13H19N5O/c1-10(2)12-6-13(15-9-14-12)17-11-7-16-18(8-11)4-5-19-3/h6-10H,4-5H2,1-3H3,(H,14,15,17). The number of methoxy groups -OCH3 is 1. The Kier molecular flexibility index (Phi) is 4.46. The normalized spacial score (nSPS) is 10.9. The maximum Gasteiger partial charge on any atom is 0.134 e. The number of aromatic nitrogens is 4. The molecule has 0 bridgehead atoms. The predicted octanol–water partition coefficient (Wildman–Crippen LogP) is 2.19. The van der Waals surface area contributed by atoms with Gasteiger partial charge in [0.05, 0.1) is 25.0 Å². The first kappa shape index (κ1) is 13.5. The van der Waals surface area contributed by atoms with Gasteiger partial charge in [-0.3, -0.25) is 4.68 Å². The molecule has 0 saturated heterocycles. The van der Waals surface area contributed by atoms with Crippen molar-refractivity contribution in [2.24, 2.45) is 0 Å². The first-order valence-corrected chi connectivity index (χ1v) is 6.29. The molecule has 1 N–H and O–H groups in total. The van der Waals surface area contributed by atoms with Crippen molar-refractivity contribution < 1.29 is 4.74 Å². The Balaban J connectivity index is 2.04. The van der Waals surface area contributed by atoms with Crippen LogP contribution in [0.1, 0.15) is 25.5 Å². The zero-order valence-electron chi connectivity index (χ0n) is 11.5. The average Bonchev–Trinajstić information content (AvgIpc) is 2.84. The molecule has 102 valence electrons. The number of hydrogen-bond donors (Lipinski definition) is 1. The van der Waals surface area contributed by atoms with Crippen molar-refractivity contribution in [1.82, 2.24) is 19.7 Å². The Morgan fingerprint density at radius 2 is 2.21 bits per heavy atom. The van der Waals surface area contributed by atoms with Crippen LogP contribution in [0.3, 0.4) is 0 Å². The minimum absolute atomic E-state index is 0.382. The van der Waals surface area contributed by atoms with E-state index < -0.39 is 0 Å². The molecule has 0 aliphatic carbocycles. The number of anilines is 2. The zero-order chi connectivity index (χ0) is 13.7. The first-order chi connectivity index (χ1) is 9.19. The molecule has 2 aromatic heterocycles. The summed E-state index contributed by atoms with van der Waals surface area (Å²) in [7, 11) is 1.68. The molecule has 2 aromatic rings. The van der Waals surface area contributed by atoms with Crippen molar-refractivity contribution in [2.75, 3.05) is 19.0 Å². The van der Waals surface area contributed by atoms with Crippen LogP contribution >= 0.6 is 0 Å². The molecule has 19 heavy (non-hydrogen) atoms. The van der Waals surface area contributed by atoms with Crippen molar-refractivity contribution in [1.29, 1.82) is 0 Å². The lowest BCUT2D eigenvalue weighted by atomic mass is 10.1. The third-order valence-electron chi connectivity index (χ3n) is 2.71. The lowest BCUT2D eigenvalue weighted by Crippen LogP contribution is -2.04. The highest BCUT2D eigenvalue weighted by atomic mass is 16.5. The Labute approximate surface area is 112 Å². The number of nitrogens with one attached hydrogen (secondary N) is 1. The Hall–Kier alpha value is -1.95. The number of rotatable bonds is 6. The highest BCUT2D eigenvalue weighted by Crippen LogP contribution is 2.17. The van der Waals surface area contributed by atoms with Gasteiger partial charge in [-0.15, -0.1) is 0 Å². The SMILES string of the molecule is COCCn1cc(Nc2cc(C(C)C)ncn2)cn1. The molecule has 0 amide bonds. The molecular formula is C13H19N5O. The van der Waals surface area contributed by atoms with E-state index in [0.29, 0.717) is 12.5 Å². The summed E-state index contributed by atoms with van der Waals surface area (Å²) in [6, 6.07) is 1.96. The summed E-state index contributed by atoms with van der Waals surface area (Å²) >= 11 is 0. The average molecular weight is 261 g/mol. The smallest absolute Gasteiger partial charge is 0.134 e. The van der Waals surface area contributed by atoms with E-state index in [1.54, 1.807) is 19.6 Å². The summed E-state index contributed by atoms with van der Waals surface area (Å²) in [6.07, 6.45) is 5.27. The maximum absolute atomic E-state index is 5.01. The van der Waals surface area contributed by atoms with Gasteiger partial charge in [-0.1, -0.05) is 13.8 Å². The van der Waals surface area contributed by atoms with Crippen LogP contribution in [0.4, 0.5) is 11.5 Å². The lowest BCUT2D eigenvalue weighted by Gasteiger charge is -2.06. The molecule has 2 heterocycles. The molecule has 0 radical (unpaired) electrons. The molecule has 2 rings (SSSR count). The summed E-state index contributed by atoms with van der Waals surface area (Å²) in [5.41, 5.74) is 1.92. The van der Waals surface area contributed by atoms with E-state index in [2.05, 4.69) is 34.2 Å². The molecule has 0 aliphatic rings. The van der Waals surface area contributed by atoms with Gasteiger partial charge in [0.15, 0.2) is 0 Å². The second-order valence-electron chi connectivity index (χ2n) is 4.59. The van der Waals surface area contributed by atoms with Crippen LogP contribution in [0, 0.1) is 0 Å². The Morgan fingerprint density at radius 3 is 2.95 bits per heavy atom. The molecule has 0 unspecified atom stereocenters. The van der Waals surface area contributed by atoms with E-state index in [9.17, 15) is 0 Å². The van der Waals surface area contributed by atoms with Crippen LogP contribution in [0.25, 0.3) is 0 Å². The van der Waals surface area contributed by atoms with Gasteiger partial charge in [-0.2, -0.15) is 5.10 Å². The third-order valence-corrected chi connectivity index (χ3v) is 2.71. The van der Waals surface area contributed by atoms with Gasteiger partial charge in [-0.25, -0.2) is 9.97 Å². The second kappa shape index (κ2) is 6.29. The monoisotopic (exact) mass is 261 g/mol. The van der Waals surface area contributed by atoms with Crippen molar-refractivity contribution in [2.45, 2.75) is 26.3 Å². The Bertz CT molecular complexity index is 523. The van der Waals surface area contributed by atoms with Gasteiger partial charge in [-0.05, 0) is 5.92 Å². The second-order valence-corrected chi connectivity index (χ2v) is 4.59. The van der Waals surface area contributed by atoms with E-state index in [4.69, 9.17) is 4.74 Å². The van der Waals surface area contributed by atoms with E-state index in [0.717, 1.165) is 23.7 Å². The molecular weight excluding hydrogens is 242 g/mol. The molecule has 0 fully saturated rings. The minimum atomic E-state index is 0.382. The lowest BCUT2D eigenvalue weighted by molar-refractivity contribution is 0.183. The largest absolute Gasteiger partial charge is 0.383 e. The summed E-state index contributed by atoms with van der Waals surface area (Å²) < 4.78 is 6.84. The van der Waals surface area contributed by atoms with Crippen molar-refractivity contribution in [3.05, 3.63) is 30.5 Å². The first-order valence-electron chi connectivity index (χ1n) is 6.29. The fraction of sp³-hybridized carbons (Fsp3) is 0.462. The fourth-order valence-electron chi connectivity index (χ4n) is 1.64. The van der Waals surface area contributed by atoms with Gasteiger partial charge in [0, 0.05) is 25.1 Å². The quantitative estimate of drug-likeness (QED) is 0.863. The van der Waals surface area contributed by atoms with Crippen molar-refractivity contribution in [3.8, 4) is 0 Å². The van der Waals surface area contributed by atoms with Gasteiger partial charge in [0.1, 0.15) is 12.1 Å². The van der Waals surface area contributed by atoms with Crippen LogP contribution < -0.4 is 5.32 Å². The van der Waals surface area contributed by atoms with Gasteiger partial charge in [0.2, 0.25) is 0 Å².